The van der Waals surface area contributed by atoms with Crippen LogP contribution in [0.15, 0.2) is 48.5 Å². The first kappa shape index (κ1) is 23.4. The lowest BCUT2D eigenvalue weighted by Gasteiger charge is -2.25. The number of benzene rings is 2. The van der Waals surface area contributed by atoms with E-state index in [1.54, 1.807) is 43.3 Å². The van der Waals surface area contributed by atoms with Crippen molar-refractivity contribution >= 4 is 17.5 Å². The predicted molar refractivity (Wildman–Crippen MR) is 121 cm³/mol. The molecule has 0 aliphatic carbocycles. The Morgan fingerprint density at radius 2 is 1.57 bits per heavy atom. The number of methoxy groups -OCH3 is 1. The first-order valence-electron chi connectivity index (χ1n) is 10.3. The van der Waals surface area contributed by atoms with Crippen molar-refractivity contribution in [2.75, 3.05) is 32.6 Å². The fourth-order valence-electron chi connectivity index (χ4n) is 3.24. The van der Waals surface area contributed by atoms with Gasteiger partial charge in [0.05, 0.1) is 26.2 Å². The van der Waals surface area contributed by atoms with Crippen LogP contribution in [-0.4, -0.2) is 44.0 Å². The zero-order valence-electron chi connectivity index (χ0n) is 18.6. The Bertz CT molecular complexity index is 817. The summed E-state index contributed by atoms with van der Waals surface area (Å²) in [5, 5.41) is 5.94. The third-order valence-electron chi connectivity index (χ3n) is 4.93. The molecule has 0 heterocycles. The number of hydrogen-bond acceptors (Lipinski definition) is 4. The summed E-state index contributed by atoms with van der Waals surface area (Å²) in [6.07, 6.45) is 0.988. The van der Waals surface area contributed by atoms with E-state index in [0.29, 0.717) is 5.69 Å². The molecule has 2 rings (SSSR count). The lowest BCUT2D eigenvalue weighted by atomic mass is 9.95. The van der Waals surface area contributed by atoms with E-state index in [-0.39, 0.29) is 36.9 Å². The molecule has 2 amide bonds. The molecular formula is C24H33N3O3. The molecular weight excluding hydrogens is 378 g/mol. The van der Waals surface area contributed by atoms with Gasteiger partial charge < -0.3 is 15.4 Å². The Kier molecular flexibility index (Phi) is 8.87. The van der Waals surface area contributed by atoms with Gasteiger partial charge in [-0.25, -0.2) is 0 Å². The number of carbonyl (C=O) groups is 2. The number of carbonyl (C=O) groups excluding carboxylic acids is 2. The summed E-state index contributed by atoms with van der Waals surface area (Å²) in [5.74, 6) is 0.704. The summed E-state index contributed by atoms with van der Waals surface area (Å²) in [4.78, 5) is 26.5. The van der Waals surface area contributed by atoms with Crippen LogP contribution < -0.4 is 15.4 Å². The normalized spacial score (nSPS) is 12.0. The molecule has 2 aromatic rings. The van der Waals surface area contributed by atoms with Crippen molar-refractivity contribution in [1.82, 2.24) is 10.2 Å². The molecule has 2 aromatic carbocycles. The zero-order chi connectivity index (χ0) is 22.1. The summed E-state index contributed by atoms with van der Waals surface area (Å²) < 4.78 is 5.11. The Labute approximate surface area is 179 Å². The van der Waals surface area contributed by atoms with Gasteiger partial charge in [-0.15, -0.1) is 0 Å². The van der Waals surface area contributed by atoms with Gasteiger partial charge in [-0.1, -0.05) is 45.0 Å². The molecule has 0 saturated carbocycles. The highest BCUT2D eigenvalue weighted by Crippen LogP contribution is 2.22. The van der Waals surface area contributed by atoms with Gasteiger partial charge in [0.15, 0.2) is 0 Å². The molecule has 6 heteroatoms. The fraction of sp³-hybridized carbons (Fsp3) is 0.417. The molecule has 6 nitrogen and oxygen atoms in total. The highest BCUT2D eigenvalue weighted by atomic mass is 16.5. The van der Waals surface area contributed by atoms with Gasteiger partial charge in [0.2, 0.25) is 11.8 Å². The molecule has 0 unspecified atom stereocenters. The molecule has 0 saturated heterocycles. The quantitative estimate of drug-likeness (QED) is 0.626. The van der Waals surface area contributed by atoms with Gasteiger partial charge >= 0.3 is 0 Å². The minimum atomic E-state index is -0.175. The molecule has 0 aromatic heterocycles. The van der Waals surface area contributed by atoms with Gasteiger partial charge in [-0.2, -0.15) is 0 Å². The molecule has 0 spiro atoms. The SMILES string of the molecule is CCc1ccc([C@H](NC(=O)CN(C)CC(=O)Nc2ccc(OC)cc2)C(C)C)cc1. The number of nitrogens with one attached hydrogen (secondary N) is 2. The van der Waals surface area contributed by atoms with E-state index in [1.807, 2.05) is 0 Å². The van der Waals surface area contributed by atoms with Crippen LogP contribution in [-0.2, 0) is 16.0 Å². The molecule has 0 aliphatic rings. The number of nitrogens with zero attached hydrogens (tertiary/aromatic N) is 1. The van der Waals surface area contributed by atoms with Gasteiger partial charge in [0.1, 0.15) is 5.75 Å². The number of hydrogen-bond donors (Lipinski definition) is 2. The van der Waals surface area contributed by atoms with Crippen LogP contribution in [0.2, 0.25) is 0 Å². The Balaban J connectivity index is 1.87. The van der Waals surface area contributed by atoms with Gasteiger partial charge in [-0.3, -0.25) is 14.5 Å². The topological polar surface area (TPSA) is 70.7 Å². The first-order chi connectivity index (χ1) is 14.3. The average Bonchev–Trinajstić information content (AvgIpc) is 2.72. The lowest BCUT2D eigenvalue weighted by Crippen LogP contribution is -2.41. The second-order valence-electron chi connectivity index (χ2n) is 7.83. The highest BCUT2D eigenvalue weighted by Gasteiger charge is 2.19. The van der Waals surface area contributed by atoms with Crippen molar-refractivity contribution in [3.8, 4) is 5.75 Å². The standard InChI is InChI=1S/C24H33N3O3/c1-6-18-7-9-19(10-8-18)24(17(2)3)26-23(29)16-27(4)15-22(28)25-20-11-13-21(30-5)14-12-20/h7-14,17,24H,6,15-16H2,1-5H3,(H,25,28)(H,26,29)/t24-/m1/s1. The maximum atomic E-state index is 12.6. The molecule has 162 valence electrons. The molecule has 0 radical (unpaired) electrons. The maximum Gasteiger partial charge on any atom is 0.238 e. The maximum absolute atomic E-state index is 12.6. The number of rotatable bonds is 10. The Morgan fingerprint density at radius 1 is 0.967 bits per heavy atom. The van der Waals surface area contributed by atoms with Crippen LogP contribution in [0.25, 0.3) is 0 Å². The second kappa shape index (κ2) is 11.4. The number of likely N-dealkylation sites (N-methyl/N-ethyl adjacent to an activating group) is 1. The van der Waals surface area contributed by atoms with Crippen LogP contribution in [0.1, 0.15) is 37.9 Å². The molecule has 30 heavy (non-hydrogen) atoms. The number of ether oxygens (including phenoxy) is 1. The third kappa shape index (κ3) is 7.19. The van der Waals surface area contributed by atoms with Crippen LogP contribution in [0.4, 0.5) is 5.69 Å². The van der Waals surface area contributed by atoms with E-state index < -0.39 is 0 Å². The van der Waals surface area contributed by atoms with E-state index in [4.69, 9.17) is 4.74 Å². The smallest absolute Gasteiger partial charge is 0.238 e. The molecule has 0 bridgehead atoms. The van der Waals surface area contributed by atoms with Crippen molar-refractivity contribution in [2.45, 2.75) is 33.2 Å². The van der Waals surface area contributed by atoms with E-state index in [1.165, 1.54) is 5.56 Å². The molecule has 0 aliphatic heterocycles. The summed E-state index contributed by atoms with van der Waals surface area (Å²) in [7, 11) is 3.35. The van der Waals surface area contributed by atoms with Gasteiger partial charge in [0, 0.05) is 5.69 Å². The minimum Gasteiger partial charge on any atom is -0.497 e. The summed E-state index contributed by atoms with van der Waals surface area (Å²) in [6, 6.07) is 15.4. The summed E-state index contributed by atoms with van der Waals surface area (Å²) in [6.45, 7) is 6.57. The predicted octanol–water partition coefficient (Wildman–Crippen LogP) is 3.64. The van der Waals surface area contributed by atoms with Crippen LogP contribution >= 0.6 is 0 Å². The van der Waals surface area contributed by atoms with E-state index in [2.05, 4.69) is 55.7 Å². The second-order valence-corrected chi connectivity index (χ2v) is 7.83. The van der Waals surface area contributed by atoms with Crippen molar-refractivity contribution in [1.29, 1.82) is 0 Å². The third-order valence-corrected chi connectivity index (χ3v) is 4.93. The first-order valence-corrected chi connectivity index (χ1v) is 10.3. The van der Waals surface area contributed by atoms with Crippen molar-refractivity contribution in [2.24, 2.45) is 5.92 Å². The zero-order valence-corrected chi connectivity index (χ0v) is 18.6. The summed E-state index contributed by atoms with van der Waals surface area (Å²) >= 11 is 0. The van der Waals surface area contributed by atoms with E-state index in [0.717, 1.165) is 17.7 Å². The summed E-state index contributed by atoms with van der Waals surface area (Å²) in [5.41, 5.74) is 3.06. The van der Waals surface area contributed by atoms with Gasteiger partial charge in [-0.05, 0) is 54.8 Å². The van der Waals surface area contributed by atoms with Crippen LogP contribution in [0, 0.1) is 5.92 Å². The van der Waals surface area contributed by atoms with E-state index in [9.17, 15) is 9.59 Å². The number of aryl methyl sites for hydroxylation is 1. The largest absolute Gasteiger partial charge is 0.497 e. The van der Waals surface area contributed by atoms with Crippen molar-refractivity contribution in [3.05, 3.63) is 59.7 Å². The lowest BCUT2D eigenvalue weighted by molar-refractivity contribution is -0.123. The highest BCUT2D eigenvalue weighted by molar-refractivity contribution is 5.92. The monoisotopic (exact) mass is 411 g/mol. The van der Waals surface area contributed by atoms with Gasteiger partial charge in [0.25, 0.3) is 0 Å². The molecule has 0 fully saturated rings. The Morgan fingerprint density at radius 3 is 2.10 bits per heavy atom. The Hall–Kier alpha value is -2.86. The van der Waals surface area contributed by atoms with Crippen molar-refractivity contribution < 1.29 is 14.3 Å². The molecule has 2 N–H and O–H groups in total. The number of anilines is 1. The van der Waals surface area contributed by atoms with E-state index >= 15 is 0 Å². The fourth-order valence-corrected chi connectivity index (χ4v) is 3.24. The number of amides is 2. The average molecular weight is 412 g/mol. The van der Waals surface area contributed by atoms with Crippen LogP contribution in [0.5, 0.6) is 5.75 Å². The van der Waals surface area contributed by atoms with Crippen LogP contribution in [0.3, 0.4) is 0 Å². The molecule has 1 atom stereocenters. The minimum absolute atomic E-state index is 0.0649. The van der Waals surface area contributed by atoms with Crippen molar-refractivity contribution in [3.63, 3.8) is 0 Å².